The molecule has 0 aliphatic heterocycles. The Morgan fingerprint density at radius 2 is 2.11 bits per heavy atom. The van der Waals surface area contributed by atoms with Crippen molar-refractivity contribution in [1.82, 2.24) is 0 Å². The minimum absolute atomic E-state index is 0.201. The number of carbonyl (C=O) groups is 1. The maximum atomic E-state index is 11.6. The van der Waals surface area contributed by atoms with E-state index in [4.69, 9.17) is 20.8 Å². The number of benzene rings is 1. The zero-order valence-corrected chi connectivity index (χ0v) is 11.1. The Morgan fingerprint density at radius 1 is 1.39 bits per heavy atom. The molecule has 0 unspecified atom stereocenters. The van der Waals surface area contributed by atoms with Crippen LogP contribution in [0.25, 0.3) is 11.0 Å². The summed E-state index contributed by atoms with van der Waals surface area (Å²) in [6, 6.07) is 3.52. The highest BCUT2D eigenvalue weighted by Crippen LogP contribution is 2.35. The summed E-state index contributed by atoms with van der Waals surface area (Å²) >= 11 is 5.95. The number of methoxy groups -OCH3 is 2. The maximum Gasteiger partial charge on any atom is 0.374 e. The molecular weight excluding hydrogens is 256 g/mol. The van der Waals surface area contributed by atoms with Gasteiger partial charge in [-0.2, -0.15) is 0 Å². The van der Waals surface area contributed by atoms with Crippen LogP contribution in [0.3, 0.4) is 0 Å². The highest BCUT2D eigenvalue weighted by atomic mass is 35.5. The van der Waals surface area contributed by atoms with Gasteiger partial charge in [-0.1, -0.05) is 0 Å². The highest BCUT2D eigenvalue weighted by Gasteiger charge is 2.21. The SMILES string of the molecule is COC(=O)c1oc2ccc(OC)c(CCl)c2c1C. The largest absolute Gasteiger partial charge is 0.496 e. The fourth-order valence-corrected chi connectivity index (χ4v) is 2.28. The van der Waals surface area contributed by atoms with Crippen molar-refractivity contribution in [3.8, 4) is 5.75 Å². The molecule has 5 heteroatoms. The number of halogens is 1. The van der Waals surface area contributed by atoms with E-state index in [9.17, 15) is 4.79 Å². The van der Waals surface area contributed by atoms with Crippen LogP contribution in [0.15, 0.2) is 16.5 Å². The van der Waals surface area contributed by atoms with Gasteiger partial charge in [0.05, 0.1) is 20.1 Å². The van der Waals surface area contributed by atoms with E-state index < -0.39 is 5.97 Å². The van der Waals surface area contributed by atoms with Crippen molar-refractivity contribution >= 4 is 28.5 Å². The van der Waals surface area contributed by atoms with Crippen molar-refractivity contribution in [1.29, 1.82) is 0 Å². The van der Waals surface area contributed by atoms with Gasteiger partial charge in [0.1, 0.15) is 11.3 Å². The molecule has 2 aromatic rings. The second kappa shape index (κ2) is 4.90. The molecule has 0 saturated heterocycles. The molecule has 96 valence electrons. The first-order valence-electron chi connectivity index (χ1n) is 5.37. The number of alkyl halides is 1. The Bertz CT molecular complexity index is 601. The molecule has 1 aromatic carbocycles. The number of rotatable bonds is 3. The number of aryl methyl sites for hydroxylation is 1. The first-order chi connectivity index (χ1) is 8.63. The predicted molar refractivity (Wildman–Crippen MR) is 68.4 cm³/mol. The number of carbonyl (C=O) groups excluding carboxylic acids is 1. The van der Waals surface area contributed by atoms with E-state index in [2.05, 4.69) is 4.74 Å². The molecular formula is C13H13ClO4. The number of furan rings is 1. The van der Waals surface area contributed by atoms with Crippen molar-refractivity contribution in [2.24, 2.45) is 0 Å². The lowest BCUT2D eigenvalue weighted by molar-refractivity contribution is 0.0566. The summed E-state index contributed by atoms with van der Waals surface area (Å²) in [5.74, 6) is 0.662. The summed E-state index contributed by atoms with van der Waals surface area (Å²) in [6.45, 7) is 1.80. The van der Waals surface area contributed by atoms with Gasteiger partial charge >= 0.3 is 5.97 Å². The van der Waals surface area contributed by atoms with E-state index in [0.717, 1.165) is 10.9 Å². The van der Waals surface area contributed by atoms with E-state index in [1.807, 2.05) is 0 Å². The van der Waals surface area contributed by atoms with Gasteiger partial charge in [0.25, 0.3) is 0 Å². The quantitative estimate of drug-likeness (QED) is 0.633. The number of esters is 1. The molecule has 0 aliphatic carbocycles. The van der Waals surface area contributed by atoms with Crippen LogP contribution in [-0.4, -0.2) is 20.2 Å². The van der Waals surface area contributed by atoms with Crippen molar-refractivity contribution in [3.63, 3.8) is 0 Å². The molecule has 0 amide bonds. The zero-order chi connectivity index (χ0) is 13.3. The molecule has 0 fully saturated rings. The van der Waals surface area contributed by atoms with E-state index >= 15 is 0 Å². The van der Waals surface area contributed by atoms with E-state index in [1.54, 1.807) is 26.2 Å². The fraction of sp³-hybridized carbons (Fsp3) is 0.308. The lowest BCUT2D eigenvalue weighted by atomic mass is 10.1. The Kier molecular flexibility index (Phi) is 3.48. The molecule has 1 aromatic heterocycles. The van der Waals surface area contributed by atoms with Gasteiger partial charge in [0.15, 0.2) is 0 Å². The molecule has 0 aliphatic rings. The minimum Gasteiger partial charge on any atom is -0.496 e. The van der Waals surface area contributed by atoms with Gasteiger partial charge in [-0.3, -0.25) is 0 Å². The van der Waals surface area contributed by atoms with Gasteiger partial charge < -0.3 is 13.9 Å². The predicted octanol–water partition coefficient (Wildman–Crippen LogP) is 3.28. The monoisotopic (exact) mass is 268 g/mol. The second-order valence-electron chi connectivity index (χ2n) is 3.80. The Balaban J connectivity index is 2.77. The molecule has 4 nitrogen and oxygen atoms in total. The number of ether oxygens (including phenoxy) is 2. The summed E-state index contributed by atoms with van der Waals surface area (Å²) in [4.78, 5) is 11.6. The maximum absolute atomic E-state index is 11.6. The van der Waals surface area contributed by atoms with Crippen molar-refractivity contribution < 1.29 is 18.7 Å². The molecule has 1 heterocycles. The van der Waals surface area contributed by atoms with Crippen LogP contribution in [0.5, 0.6) is 5.75 Å². The molecule has 2 rings (SSSR count). The third kappa shape index (κ3) is 1.82. The second-order valence-corrected chi connectivity index (χ2v) is 4.07. The normalized spacial score (nSPS) is 10.7. The van der Waals surface area contributed by atoms with Crippen LogP contribution in [0, 0.1) is 6.92 Å². The fourth-order valence-electron chi connectivity index (χ4n) is 2.01. The van der Waals surface area contributed by atoms with Crippen LogP contribution in [0.4, 0.5) is 0 Å². The van der Waals surface area contributed by atoms with E-state index in [0.29, 0.717) is 16.9 Å². The Labute approximate surface area is 109 Å². The summed E-state index contributed by atoms with van der Waals surface area (Å²) < 4.78 is 15.4. The number of fused-ring (bicyclic) bond motifs is 1. The molecule has 18 heavy (non-hydrogen) atoms. The van der Waals surface area contributed by atoms with Crippen LogP contribution in [0.1, 0.15) is 21.7 Å². The van der Waals surface area contributed by atoms with Crippen LogP contribution >= 0.6 is 11.6 Å². The van der Waals surface area contributed by atoms with E-state index in [1.165, 1.54) is 7.11 Å². The third-order valence-electron chi connectivity index (χ3n) is 2.88. The van der Waals surface area contributed by atoms with Gasteiger partial charge in [-0.25, -0.2) is 4.79 Å². The van der Waals surface area contributed by atoms with Crippen LogP contribution in [0.2, 0.25) is 0 Å². The topological polar surface area (TPSA) is 48.7 Å². The smallest absolute Gasteiger partial charge is 0.374 e. The lowest BCUT2D eigenvalue weighted by Gasteiger charge is -2.06. The highest BCUT2D eigenvalue weighted by molar-refractivity contribution is 6.18. The van der Waals surface area contributed by atoms with Gasteiger partial charge in [-0.15, -0.1) is 11.6 Å². The molecule has 0 bridgehead atoms. The van der Waals surface area contributed by atoms with Crippen LogP contribution in [-0.2, 0) is 10.6 Å². The van der Waals surface area contributed by atoms with Crippen molar-refractivity contribution in [3.05, 3.63) is 29.0 Å². The van der Waals surface area contributed by atoms with Gasteiger partial charge in [0.2, 0.25) is 5.76 Å². The lowest BCUT2D eigenvalue weighted by Crippen LogP contribution is -2.01. The average Bonchev–Trinajstić information content (AvgIpc) is 2.74. The first kappa shape index (κ1) is 12.8. The number of hydrogen-bond donors (Lipinski definition) is 0. The minimum atomic E-state index is -0.497. The average molecular weight is 269 g/mol. The molecule has 0 spiro atoms. The zero-order valence-electron chi connectivity index (χ0n) is 10.4. The molecule has 0 radical (unpaired) electrons. The van der Waals surface area contributed by atoms with Crippen LogP contribution < -0.4 is 4.74 Å². The molecule has 0 saturated carbocycles. The Morgan fingerprint density at radius 3 is 2.67 bits per heavy atom. The van der Waals surface area contributed by atoms with Crippen molar-refractivity contribution in [2.45, 2.75) is 12.8 Å². The Hall–Kier alpha value is -1.68. The summed E-state index contributed by atoms with van der Waals surface area (Å²) in [5, 5.41) is 0.810. The summed E-state index contributed by atoms with van der Waals surface area (Å²) in [6.07, 6.45) is 0. The first-order valence-corrected chi connectivity index (χ1v) is 5.90. The standard InChI is InChI=1S/C13H13ClO4/c1-7-11-8(6-14)9(16-2)4-5-10(11)18-12(7)13(15)17-3/h4-5H,6H2,1-3H3. The molecule has 0 N–H and O–H groups in total. The van der Waals surface area contributed by atoms with Crippen molar-refractivity contribution in [2.75, 3.05) is 14.2 Å². The van der Waals surface area contributed by atoms with Gasteiger partial charge in [-0.05, 0) is 19.1 Å². The van der Waals surface area contributed by atoms with Gasteiger partial charge in [0, 0.05) is 16.5 Å². The third-order valence-corrected chi connectivity index (χ3v) is 3.15. The van der Waals surface area contributed by atoms with E-state index in [-0.39, 0.29) is 11.6 Å². The summed E-state index contributed by atoms with van der Waals surface area (Å²) in [7, 11) is 2.89. The summed E-state index contributed by atoms with van der Waals surface area (Å²) in [5.41, 5.74) is 2.13. The molecule has 0 atom stereocenters. The number of hydrogen-bond acceptors (Lipinski definition) is 4.